The predicted molar refractivity (Wildman–Crippen MR) is 117 cm³/mol. The highest BCUT2D eigenvalue weighted by Crippen LogP contribution is 2.27. The second kappa shape index (κ2) is 7.28. The fourth-order valence-corrected chi connectivity index (χ4v) is 3.74. The van der Waals surface area contributed by atoms with Crippen molar-refractivity contribution in [2.75, 3.05) is 7.11 Å². The molecule has 31 heavy (non-hydrogen) atoms. The molecule has 0 spiro atoms. The number of ether oxygens (including phenoxy) is 1. The molecule has 0 unspecified atom stereocenters. The smallest absolute Gasteiger partial charge is 0.269 e. The Labute approximate surface area is 176 Å². The van der Waals surface area contributed by atoms with Crippen LogP contribution in [0.5, 0.6) is 5.75 Å². The van der Waals surface area contributed by atoms with Crippen LogP contribution in [0.25, 0.3) is 33.7 Å². The molecule has 0 saturated heterocycles. The van der Waals surface area contributed by atoms with E-state index in [9.17, 15) is 9.59 Å². The quantitative estimate of drug-likeness (QED) is 0.406. The lowest BCUT2D eigenvalue weighted by atomic mass is 10.1. The minimum Gasteiger partial charge on any atom is -0.497 e. The van der Waals surface area contributed by atoms with Crippen LogP contribution in [0.2, 0.25) is 0 Å². The first-order chi connectivity index (χ1) is 15.1. The number of hydrogen-bond acceptors (Lipinski definition) is 6. The van der Waals surface area contributed by atoms with Gasteiger partial charge in [0, 0.05) is 6.07 Å². The van der Waals surface area contributed by atoms with Crippen molar-refractivity contribution in [3.8, 4) is 17.3 Å². The normalized spacial score (nSPS) is 12.3. The molecule has 3 heterocycles. The Hall–Kier alpha value is -4.13. The topological polar surface area (TPSA) is 87.5 Å². The van der Waals surface area contributed by atoms with Crippen molar-refractivity contribution in [1.29, 1.82) is 0 Å². The van der Waals surface area contributed by atoms with Crippen LogP contribution in [0.1, 0.15) is 18.5 Å². The number of furan rings is 1. The maximum atomic E-state index is 13.6. The molecule has 7 heteroatoms. The summed E-state index contributed by atoms with van der Waals surface area (Å²) in [6.45, 7) is 1.88. The van der Waals surface area contributed by atoms with Crippen molar-refractivity contribution in [1.82, 2.24) is 9.55 Å². The van der Waals surface area contributed by atoms with Gasteiger partial charge in [0.2, 0.25) is 11.1 Å². The maximum absolute atomic E-state index is 13.6. The van der Waals surface area contributed by atoms with E-state index >= 15 is 0 Å². The van der Waals surface area contributed by atoms with Gasteiger partial charge >= 0.3 is 0 Å². The van der Waals surface area contributed by atoms with E-state index in [1.54, 1.807) is 30.3 Å². The lowest BCUT2D eigenvalue weighted by Crippen LogP contribution is -2.30. The summed E-state index contributed by atoms with van der Waals surface area (Å²) in [6, 6.07) is 17.4. The minimum absolute atomic E-state index is 0.0429. The van der Waals surface area contributed by atoms with Gasteiger partial charge in [0.25, 0.3) is 5.56 Å². The predicted octanol–water partition coefficient (Wildman–Crippen LogP) is 4.38. The van der Waals surface area contributed by atoms with E-state index in [4.69, 9.17) is 13.6 Å². The molecule has 0 radical (unpaired) electrons. The highest BCUT2D eigenvalue weighted by Gasteiger charge is 2.23. The highest BCUT2D eigenvalue weighted by atomic mass is 16.5. The summed E-state index contributed by atoms with van der Waals surface area (Å²) in [7, 11) is 1.53. The summed E-state index contributed by atoms with van der Waals surface area (Å²) >= 11 is 0. The molecule has 0 amide bonds. The van der Waals surface area contributed by atoms with Gasteiger partial charge in [0.05, 0.1) is 24.8 Å². The molecule has 7 nitrogen and oxygen atoms in total. The van der Waals surface area contributed by atoms with E-state index in [-0.39, 0.29) is 22.3 Å². The van der Waals surface area contributed by atoms with Gasteiger partial charge in [0.15, 0.2) is 17.0 Å². The van der Waals surface area contributed by atoms with Crippen LogP contribution in [-0.4, -0.2) is 16.7 Å². The average Bonchev–Trinajstić information content (AvgIpc) is 3.33. The summed E-state index contributed by atoms with van der Waals surface area (Å²) in [6.07, 6.45) is 1.50. The summed E-state index contributed by atoms with van der Waals surface area (Å²) < 4.78 is 18.1. The summed E-state index contributed by atoms with van der Waals surface area (Å²) in [5, 5.41) is 0.188. The molecule has 2 aromatic carbocycles. The van der Waals surface area contributed by atoms with Crippen molar-refractivity contribution in [3.05, 3.63) is 93.1 Å². The molecule has 0 saturated carbocycles. The zero-order valence-electron chi connectivity index (χ0n) is 16.9. The van der Waals surface area contributed by atoms with Gasteiger partial charge in [-0.1, -0.05) is 30.3 Å². The standard InChI is InChI=1S/C24H18N2O5/c1-14(15-7-4-3-5-8-15)26-22(18-9-6-12-30-18)25-23-20(24(26)28)21(27)17-11-10-16(29-2)13-19(17)31-23/h3-14H,1-2H3/t14-/m0/s1. The summed E-state index contributed by atoms with van der Waals surface area (Å²) in [4.78, 5) is 31.4. The Balaban J connectivity index is 1.89. The highest BCUT2D eigenvalue weighted by molar-refractivity contribution is 5.88. The Morgan fingerprint density at radius 3 is 2.55 bits per heavy atom. The maximum Gasteiger partial charge on any atom is 0.269 e. The molecule has 0 fully saturated rings. The summed E-state index contributed by atoms with van der Waals surface area (Å²) in [5.41, 5.74) is 0.228. The number of rotatable bonds is 4. The van der Waals surface area contributed by atoms with E-state index in [0.717, 1.165) is 5.56 Å². The molecule has 0 bridgehead atoms. The van der Waals surface area contributed by atoms with Crippen LogP contribution < -0.4 is 15.7 Å². The van der Waals surface area contributed by atoms with E-state index in [1.165, 1.54) is 17.9 Å². The van der Waals surface area contributed by atoms with Gasteiger partial charge < -0.3 is 13.6 Å². The lowest BCUT2D eigenvalue weighted by Gasteiger charge is -2.19. The first-order valence-corrected chi connectivity index (χ1v) is 9.74. The molecule has 154 valence electrons. The Morgan fingerprint density at radius 2 is 1.84 bits per heavy atom. The molecule has 5 rings (SSSR count). The van der Waals surface area contributed by atoms with E-state index < -0.39 is 17.0 Å². The van der Waals surface area contributed by atoms with Gasteiger partial charge in [-0.05, 0) is 36.8 Å². The molecular weight excluding hydrogens is 396 g/mol. The zero-order chi connectivity index (χ0) is 21.5. The largest absolute Gasteiger partial charge is 0.497 e. The van der Waals surface area contributed by atoms with Crippen molar-refractivity contribution < 1.29 is 13.6 Å². The van der Waals surface area contributed by atoms with Gasteiger partial charge in [-0.3, -0.25) is 14.2 Å². The number of fused-ring (bicyclic) bond motifs is 2. The molecule has 0 aliphatic carbocycles. The van der Waals surface area contributed by atoms with Crippen LogP contribution in [0, 0.1) is 0 Å². The molecule has 3 aromatic heterocycles. The van der Waals surface area contributed by atoms with Gasteiger partial charge in [-0.2, -0.15) is 4.98 Å². The van der Waals surface area contributed by atoms with Crippen molar-refractivity contribution in [2.24, 2.45) is 0 Å². The number of methoxy groups -OCH3 is 1. The van der Waals surface area contributed by atoms with Crippen molar-refractivity contribution >= 4 is 22.1 Å². The van der Waals surface area contributed by atoms with E-state index in [1.807, 2.05) is 37.3 Å². The first kappa shape index (κ1) is 18.9. The Bertz CT molecular complexity index is 1520. The Morgan fingerprint density at radius 1 is 1.03 bits per heavy atom. The van der Waals surface area contributed by atoms with Crippen LogP contribution in [0.4, 0.5) is 0 Å². The second-order valence-electron chi connectivity index (χ2n) is 7.15. The molecule has 1 atom stereocenters. The third-order valence-electron chi connectivity index (χ3n) is 5.36. The van der Waals surface area contributed by atoms with E-state index in [0.29, 0.717) is 17.1 Å². The van der Waals surface area contributed by atoms with Crippen LogP contribution >= 0.6 is 0 Å². The summed E-state index contributed by atoms with van der Waals surface area (Å²) in [5.74, 6) is 1.21. The zero-order valence-corrected chi connectivity index (χ0v) is 16.9. The number of nitrogens with zero attached hydrogens (tertiary/aromatic N) is 2. The van der Waals surface area contributed by atoms with Crippen molar-refractivity contribution in [3.63, 3.8) is 0 Å². The third-order valence-corrected chi connectivity index (χ3v) is 5.36. The van der Waals surface area contributed by atoms with E-state index in [2.05, 4.69) is 4.98 Å². The van der Waals surface area contributed by atoms with Gasteiger partial charge in [-0.25, -0.2) is 0 Å². The van der Waals surface area contributed by atoms with Gasteiger partial charge in [0.1, 0.15) is 11.3 Å². The van der Waals surface area contributed by atoms with Crippen LogP contribution in [0.3, 0.4) is 0 Å². The fraction of sp³-hybridized carbons (Fsp3) is 0.125. The van der Waals surface area contributed by atoms with Gasteiger partial charge in [-0.15, -0.1) is 0 Å². The molecule has 5 aromatic rings. The average molecular weight is 414 g/mol. The number of hydrogen-bond donors (Lipinski definition) is 0. The minimum atomic E-state index is -0.487. The molecule has 0 aliphatic rings. The molecular formula is C24H18N2O5. The molecule has 0 aliphatic heterocycles. The lowest BCUT2D eigenvalue weighted by molar-refractivity contribution is 0.414. The fourth-order valence-electron chi connectivity index (χ4n) is 3.74. The molecule has 0 N–H and O–H groups in total. The first-order valence-electron chi connectivity index (χ1n) is 9.74. The van der Waals surface area contributed by atoms with Crippen molar-refractivity contribution in [2.45, 2.75) is 13.0 Å². The van der Waals surface area contributed by atoms with Crippen LogP contribution in [-0.2, 0) is 0 Å². The number of aromatic nitrogens is 2. The Kier molecular flexibility index (Phi) is 4.43. The van der Waals surface area contributed by atoms with Crippen LogP contribution in [0.15, 0.2) is 85.4 Å². The monoisotopic (exact) mass is 414 g/mol. The second-order valence-corrected chi connectivity index (χ2v) is 7.15. The third kappa shape index (κ3) is 3.02. The SMILES string of the molecule is COc1ccc2c(=O)c3c(=O)n([C@@H](C)c4ccccc4)c(-c4ccco4)nc3oc2c1. The number of benzene rings is 2.